The number of anilines is 1. The zero-order valence-corrected chi connectivity index (χ0v) is 19.8. The summed E-state index contributed by atoms with van der Waals surface area (Å²) in [5.41, 5.74) is 2.36. The quantitative estimate of drug-likeness (QED) is 0.352. The molecule has 2 aromatic carbocycles. The van der Waals surface area contributed by atoms with Gasteiger partial charge >= 0.3 is 5.69 Å². The molecule has 2 heterocycles. The van der Waals surface area contributed by atoms with Gasteiger partial charge in [-0.05, 0) is 36.8 Å². The van der Waals surface area contributed by atoms with E-state index in [1.807, 2.05) is 17.0 Å². The summed E-state index contributed by atoms with van der Waals surface area (Å²) in [4.78, 5) is 24.6. The molecular formula is C27H31N5O3. The Balaban J connectivity index is 1.36. The van der Waals surface area contributed by atoms with E-state index in [-0.39, 0.29) is 23.7 Å². The van der Waals surface area contributed by atoms with E-state index < -0.39 is 4.92 Å². The zero-order valence-electron chi connectivity index (χ0n) is 19.8. The molecule has 0 amide bonds. The average molecular weight is 474 g/mol. The standard InChI is InChI=1S/C27H31N5O3/c33-32(34)25-26(28-20-29-27(25)35-23-14-8-3-9-15-23)31-18-16-30(17-19-31)24(21-10-4-1-5-11-21)22-12-6-2-7-13-22/h1-2,4-7,10-13,20,23-24H,3,8-9,14-19H2. The summed E-state index contributed by atoms with van der Waals surface area (Å²) in [6, 6.07) is 21.1. The molecule has 1 saturated carbocycles. The maximum atomic E-state index is 12.1. The second-order valence-corrected chi connectivity index (χ2v) is 9.23. The molecule has 3 aromatic rings. The molecule has 35 heavy (non-hydrogen) atoms. The summed E-state index contributed by atoms with van der Waals surface area (Å²) < 4.78 is 6.02. The average Bonchev–Trinajstić information content (AvgIpc) is 2.91. The minimum atomic E-state index is -0.392. The third-order valence-corrected chi connectivity index (χ3v) is 6.99. The first-order valence-corrected chi connectivity index (χ1v) is 12.5. The van der Waals surface area contributed by atoms with Crippen LogP contribution >= 0.6 is 0 Å². The molecule has 0 radical (unpaired) electrons. The lowest BCUT2D eigenvalue weighted by Crippen LogP contribution is -2.48. The van der Waals surface area contributed by atoms with Crippen LogP contribution in [0.2, 0.25) is 0 Å². The summed E-state index contributed by atoms with van der Waals surface area (Å²) in [6.45, 7) is 2.79. The number of hydrogen-bond acceptors (Lipinski definition) is 7. The smallest absolute Gasteiger partial charge is 0.372 e. The van der Waals surface area contributed by atoms with Crippen LogP contribution in [0.15, 0.2) is 67.0 Å². The van der Waals surface area contributed by atoms with Crippen LogP contribution in [0.1, 0.15) is 49.3 Å². The van der Waals surface area contributed by atoms with Gasteiger partial charge in [0.15, 0.2) is 0 Å². The second kappa shape index (κ2) is 10.8. The predicted molar refractivity (Wildman–Crippen MR) is 135 cm³/mol. The molecule has 2 fully saturated rings. The minimum Gasteiger partial charge on any atom is -0.469 e. The monoisotopic (exact) mass is 473 g/mol. The largest absolute Gasteiger partial charge is 0.469 e. The van der Waals surface area contributed by atoms with Crippen molar-refractivity contribution in [1.29, 1.82) is 0 Å². The van der Waals surface area contributed by atoms with Crippen LogP contribution in [0.5, 0.6) is 5.88 Å². The van der Waals surface area contributed by atoms with E-state index in [2.05, 4.69) is 63.4 Å². The van der Waals surface area contributed by atoms with Crippen LogP contribution in [0.3, 0.4) is 0 Å². The van der Waals surface area contributed by atoms with Crippen LogP contribution in [0.25, 0.3) is 0 Å². The van der Waals surface area contributed by atoms with Crippen molar-refractivity contribution in [2.75, 3.05) is 31.1 Å². The fourth-order valence-corrected chi connectivity index (χ4v) is 5.25. The lowest BCUT2D eigenvalue weighted by atomic mass is 9.96. The van der Waals surface area contributed by atoms with Crippen molar-refractivity contribution in [2.24, 2.45) is 0 Å². The van der Waals surface area contributed by atoms with Crippen LogP contribution in [0, 0.1) is 10.1 Å². The maximum Gasteiger partial charge on any atom is 0.372 e. The van der Waals surface area contributed by atoms with Crippen LogP contribution < -0.4 is 9.64 Å². The van der Waals surface area contributed by atoms with Crippen molar-refractivity contribution in [3.05, 3.63) is 88.2 Å². The Bertz CT molecular complexity index is 1070. The van der Waals surface area contributed by atoms with E-state index >= 15 is 0 Å². The lowest BCUT2D eigenvalue weighted by molar-refractivity contribution is -0.385. The number of aromatic nitrogens is 2. The van der Waals surface area contributed by atoms with Crippen molar-refractivity contribution in [3.8, 4) is 5.88 Å². The van der Waals surface area contributed by atoms with Crippen LogP contribution in [-0.2, 0) is 0 Å². The Hall–Kier alpha value is -3.52. The fraction of sp³-hybridized carbons (Fsp3) is 0.407. The van der Waals surface area contributed by atoms with E-state index in [1.54, 1.807) is 0 Å². The van der Waals surface area contributed by atoms with Gasteiger partial charge in [-0.15, -0.1) is 0 Å². The summed E-state index contributed by atoms with van der Waals surface area (Å²) in [7, 11) is 0. The van der Waals surface area contributed by atoms with E-state index in [0.717, 1.165) is 38.8 Å². The zero-order chi connectivity index (χ0) is 24.0. The normalized spacial score (nSPS) is 17.5. The van der Waals surface area contributed by atoms with Gasteiger partial charge in [0.1, 0.15) is 12.4 Å². The molecule has 1 aliphatic heterocycles. The minimum absolute atomic E-state index is 0.0143. The highest BCUT2D eigenvalue weighted by Crippen LogP contribution is 2.37. The molecule has 8 nitrogen and oxygen atoms in total. The molecule has 0 bridgehead atoms. The molecule has 182 valence electrons. The molecule has 1 aliphatic carbocycles. The van der Waals surface area contributed by atoms with Gasteiger partial charge in [-0.2, -0.15) is 4.98 Å². The Morgan fingerprint density at radius 3 is 2.03 bits per heavy atom. The van der Waals surface area contributed by atoms with Gasteiger partial charge in [-0.25, -0.2) is 4.98 Å². The van der Waals surface area contributed by atoms with Crippen LogP contribution in [0.4, 0.5) is 11.5 Å². The fourth-order valence-electron chi connectivity index (χ4n) is 5.25. The lowest BCUT2D eigenvalue weighted by Gasteiger charge is -2.40. The van der Waals surface area contributed by atoms with Gasteiger partial charge in [0.2, 0.25) is 5.82 Å². The third-order valence-electron chi connectivity index (χ3n) is 6.99. The predicted octanol–water partition coefficient (Wildman–Crippen LogP) is 5.01. The molecule has 5 rings (SSSR count). The van der Waals surface area contributed by atoms with Gasteiger partial charge in [0.25, 0.3) is 5.88 Å². The molecule has 2 aliphatic rings. The number of nitrogens with zero attached hydrogens (tertiary/aromatic N) is 5. The highest BCUT2D eigenvalue weighted by Gasteiger charge is 2.33. The van der Waals surface area contributed by atoms with Crippen molar-refractivity contribution in [3.63, 3.8) is 0 Å². The molecular weight excluding hydrogens is 442 g/mol. The molecule has 0 spiro atoms. The van der Waals surface area contributed by atoms with E-state index in [4.69, 9.17) is 4.74 Å². The summed E-state index contributed by atoms with van der Waals surface area (Å²) in [5.74, 6) is 0.451. The highest BCUT2D eigenvalue weighted by atomic mass is 16.6. The Kier molecular flexibility index (Phi) is 7.18. The number of benzene rings is 2. The van der Waals surface area contributed by atoms with Gasteiger partial charge in [-0.3, -0.25) is 15.0 Å². The first-order chi connectivity index (χ1) is 17.2. The molecule has 1 saturated heterocycles. The van der Waals surface area contributed by atoms with Crippen molar-refractivity contribution < 1.29 is 9.66 Å². The molecule has 0 atom stereocenters. The van der Waals surface area contributed by atoms with Crippen molar-refractivity contribution in [2.45, 2.75) is 44.2 Å². The van der Waals surface area contributed by atoms with E-state index in [1.165, 1.54) is 23.9 Å². The number of ether oxygens (including phenoxy) is 1. The Labute approximate surface area is 205 Å². The molecule has 0 unspecified atom stereocenters. The highest BCUT2D eigenvalue weighted by molar-refractivity contribution is 5.63. The number of piperazine rings is 1. The SMILES string of the molecule is O=[N+]([O-])c1c(OC2CCCCC2)ncnc1N1CCN(C(c2ccccc2)c2ccccc2)CC1. The van der Waals surface area contributed by atoms with E-state index in [0.29, 0.717) is 18.9 Å². The second-order valence-electron chi connectivity index (χ2n) is 9.23. The van der Waals surface area contributed by atoms with Gasteiger partial charge in [0.05, 0.1) is 11.0 Å². The Morgan fingerprint density at radius 2 is 1.46 bits per heavy atom. The Morgan fingerprint density at radius 1 is 0.857 bits per heavy atom. The molecule has 0 N–H and O–H groups in total. The van der Waals surface area contributed by atoms with E-state index in [9.17, 15) is 10.1 Å². The number of rotatable bonds is 7. The van der Waals surface area contributed by atoms with Crippen molar-refractivity contribution in [1.82, 2.24) is 14.9 Å². The summed E-state index contributed by atoms with van der Waals surface area (Å²) >= 11 is 0. The molecule has 1 aromatic heterocycles. The third kappa shape index (κ3) is 5.27. The number of hydrogen-bond donors (Lipinski definition) is 0. The number of nitro groups is 1. The summed E-state index contributed by atoms with van der Waals surface area (Å²) in [5, 5.41) is 12.1. The van der Waals surface area contributed by atoms with Gasteiger partial charge < -0.3 is 9.64 Å². The topological polar surface area (TPSA) is 84.6 Å². The maximum absolute atomic E-state index is 12.1. The molecule has 8 heteroatoms. The van der Waals surface area contributed by atoms with Crippen LogP contribution in [-0.4, -0.2) is 52.1 Å². The first kappa shape index (κ1) is 23.2. The van der Waals surface area contributed by atoms with Gasteiger partial charge in [0, 0.05) is 26.2 Å². The summed E-state index contributed by atoms with van der Waals surface area (Å²) in [6.07, 6.45) is 6.56. The van der Waals surface area contributed by atoms with Gasteiger partial charge in [-0.1, -0.05) is 67.1 Å². The first-order valence-electron chi connectivity index (χ1n) is 12.5. The van der Waals surface area contributed by atoms with Crippen molar-refractivity contribution >= 4 is 11.5 Å².